The molecule has 2 aromatic rings. The first-order valence-electron chi connectivity index (χ1n) is 8.16. The highest BCUT2D eigenvalue weighted by Gasteiger charge is 2.21. The molecule has 0 saturated carbocycles. The number of amides is 1. The predicted molar refractivity (Wildman–Crippen MR) is 91.0 cm³/mol. The van der Waals surface area contributed by atoms with E-state index in [2.05, 4.69) is 47.3 Å². The molecule has 1 aromatic carbocycles. The Bertz CT molecular complexity index is 708. The summed E-state index contributed by atoms with van der Waals surface area (Å²) in [6, 6.07) is 7.97. The van der Waals surface area contributed by atoms with Gasteiger partial charge in [-0.1, -0.05) is 25.1 Å². The van der Waals surface area contributed by atoms with Crippen LogP contribution < -0.4 is 5.32 Å². The van der Waals surface area contributed by atoms with Gasteiger partial charge in [0.05, 0.1) is 0 Å². The van der Waals surface area contributed by atoms with E-state index in [9.17, 15) is 4.79 Å². The van der Waals surface area contributed by atoms with Gasteiger partial charge in [0.2, 0.25) is 0 Å². The van der Waals surface area contributed by atoms with Gasteiger partial charge in [0.1, 0.15) is 17.8 Å². The summed E-state index contributed by atoms with van der Waals surface area (Å²) < 4.78 is 0. The zero-order valence-electron chi connectivity index (χ0n) is 13.7. The van der Waals surface area contributed by atoms with Gasteiger partial charge in [0, 0.05) is 24.8 Å². The molecule has 23 heavy (non-hydrogen) atoms. The van der Waals surface area contributed by atoms with Crippen molar-refractivity contribution in [2.45, 2.75) is 33.1 Å². The second-order valence-corrected chi connectivity index (χ2v) is 5.88. The maximum absolute atomic E-state index is 12.4. The average Bonchev–Trinajstić information content (AvgIpc) is 3.11. The van der Waals surface area contributed by atoms with Crippen LogP contribution in [0.4, 0.5) is 11.5 Å². The molecule has 1 N–H and O–H groups in total. The van der Waals surface area contributed by atoms with Crippen LogP contribution in [0.15, 0.2) is 30.6 Å². The fourth-order valence-electron chi connectivity index (χ4n) is 2.95. The lowest BCUT2D eigenvalue weighted by Gasteiger charge is -2.16. The highest BCUT2D eigenvalue weighted by Crippen LogP contribution is 2.24. The number of nitrogens with one attached hydrogen (secondary N) is 1. The van der Waals surface area contributed by atoms with Gasteiger partial charge in [-0.2, -0.15) is 0 Å². The molecule has 1 saturated heterocycles. The van der Waals surface area contributed by atoms with E-state index in [4.69, 9.17) is 0 Å². The molecule has 1 amide bonds. The minimum absolute atomic E-state index is 0.00607. The van der Waals surface area contributed by atoms with Gasteiger partial charge in [-0.3, -0.25) is 4.79 Å². The molecule has 1 aromatic heterocycles. The number of benzene rings is 1. The molecule has 0 aliphatic carbocycles. The van der Waals surface area contributed by atoms with Crippen molar-refractivity contribution in [1.82, 2.24) is 14.9 Å². The smallest absolute Gasteiger partial charge is 0.272 e. The van der Waals surface area contributed by atoms with Crippen molar-refractivity contribution in [2.24, 2.45) is 0 Å². The fourth-order valence-corrected chi connectivity index (χ4v) is 2.95. The normalized spacial score (nSPS) is 14.1. The van der Waals surface area contributed by atoms with Crippen LogP contribution in [0.1, 0.15) is 41.4 Å². The number of rotatable bonds is 4. The Morgan fingerprint density at radius 3 is 2.78 bits per heavy atom. The van der Waals surface area contributed by atoms with Crippen molar-refractivity contribution in [2.75, 3.05) is 18.4 Å². The molecular formula is C18H22N4O. The van der Waals surface area contributed by atoms with E-state index in [-0.39, 0.29) is 5.91 Å². The number of carbonyl (C=O) groups is 1. The van der Waals surface area contributed by atoms with Gasteiger partial charge >= 0.3 is 0 Å². The van der Waals surface area contributed by atoms with Crippen LogP contribution >= 0.6 is 0 Å². The van der Waals surface area contributed by atoms with Crippen molar-refractivity contribution in [1.29, 1.82) is 0 Å². The van der Waals surface area contributed by atoms with E-state index in [1.165, 1.54) is 11.9 Å². The summed E-state index contributed by atoms with van der Waals surface area (Å²) in [5, 5.41) is 3.36. The first-order chi connectivity index (χ1) is 11.2. The summed E-state index contributed by atoms with van der Waals surface area (Å²) in [7, 11) is 0. The first kappa shape index (κ1) is 15.5. The van der Waals surface area contributed by atoms with Gasteiger partial charge < -0.3 is 10.2 Å². The number of hydrogen-bond acceptors (Lipinski definition) is 4. The lowest BCUT2D eigenvalue weighted by Crippen LogP contribution is -2.28. The van der Waals surface area contributed by atoms with Crippen molar-refractivity contribution in [3.63, 3.8) is 0 Å². The Morgan fingerprint density at radius 1 is 1.26 bits per heavy atom. The number of para-hydroxylation sites is 1. The molecule has 3 rings (SSSR count). The molecule has 0 radical (unpaired) electrons. The van der Waals surface area contributed by atoms with Crippen LogP contribution in [-0.2, 0) is 6.42 Å². The standard InChI is InChI=1S/C18H22N4O/c1-3-14-8-6-7-13(2)17(14)21-16-11-15(19-12-20-16)18(23)22-9-4-5-10-22/h6-8,11-12H,3-5,9-10H2,1-2H3,(H,19,20,21). The van der Waals surface area contributed by atoms with E-state index < -0.39 is 0 Å². The molecular weight excluding hydrogens is 288 g/mol. The maximum atomic E-state index is 12.4. The number of anilines is 2. The third kappa shape index (κ3) is 3.33. The minimum atomic E-state index is -0.00607. The van der Waals surface area contributed by atoms with E-state index >= 15 is 0 Å². The second kappa shape index (κ2) is 6.77. The molecule has 0 bridgehead atoms. The average molecular weight is 310 g/mol. The largest absolute Gasteiger partial charge is 0.340 e. The SMILES string of the molecule is CCc1cccc(C)c1Nc1cc(C(=O)N2CCCC2)ncn1. The number of aromatic nitrogens is 2. The minimum Gasteiger partial charge on any atom is -0.340 e. The summed E-state index contributed by atoms with van der Waals surface area (Å²) >= 11 is 0. The van der Waals surface area contributed by atoms with Crippen molar-refractivity contribution in [3.05, 3.63) is 47.4 Å². The topological polar surface area (TPSA) is 58.1 Å². The van der Waals surface area contributed by atoms with Crippen molar-refractivity contribution < 1.29 is 4.79 Å². The Labute approximate surface area is 136 Å². The zero-order chi connectivity index (χ0) is 16.2. The van der Waals surface area contributed by atoms with Crippen molar-refractivity contribution >= 4 is 17.4 Å². The summed E-state index contributed by atoms with van der Waals surface area (Å²) in [4.78, 5) is 22.7. The predicted octanol–water partition coefficient (Wildman–Crippen LogP) is 3.33. The molecule has 0 unspecified atom stereocenters. The highest BCUT2D eigenvalue weighted by molar-refractivity contribution is 5.93. The third-order valence-corrected chi connectivity index (χ3v) is 4.27. The van der Waals surface area contributed by atoms with Crippen LogP contribution in [0.25, 0.3) is 0 Å². The molecule has 0 spiro atoms. The molecule has 5 nitrogen and oxygen atoms in total. The summed E-state index contributed by atoms with van der Waals surface area (Å²) in [6.07, 6.45) is 4.54. The first-order valence-corrected chi connectivity index (χ1v) is 8.16. The van der Waals surface area contributed by atoms with Crippen LogP contribution in [-0.4, -0.2) is 33.9 Å². The molecule has 0 atom stereocenters. The Balaban J connectivity index is 1.84. The van der Waals surface area contributed by atoms with E-state index in [1.807, 2.05) is 4.90 Å². The van der Waals surface area contributed by atoms with Gasteiger partial charge in [-0.25, -0.2) is 9.97 Å². The van der Waals surface area contributed by atoms with Crippen LogP contribution in [0.2, 0.25) is 0 Å². The van der Waals surface area contributed by atoms with Gasteiger partial charge in [0.15, 0.2) is 0 Å². The quantitative estimate of drug-likeness (QED) is 0.941. The number of hydrogen-bond donors (Lipinski definition) is 1. The van der Waals surface area contributed by atoms with Gasteiger partial charge in [0.25, 0.3) is 5.91 Å². The number of carbonyl (C=O) groups excluding carboxylic acids is 1. The Kier molecular flexibility index (Phi) is 4.55. The summed E-state index contributed by atoms with van der Waals surface area (Å²) in [6.45, 7) is 5.84. The second-order valence-electron chi connectivity index (χ2n) is 5.88. The monoisotopic (exact) mass is 310 g/mol. The van der Waals surface area contributed by atoms with Crippen LogP contribution in [0, 0.1) is 6.92 Å². The molecule has 5 heteroatoms. The number of aryl methyl sites for hydroxylation is 2. The maximum Gasteiger partial charge on any atom is 0.272 e. The Morgan fingerprint density at radius 2 is 2.04 bits per heavy atom. The van der Waals surface area contributed by atoms with E-state index in [0.717, 1.165) is 43.6 Å². The van der Waals surface area contributed by atoms with Crippen molar-refractivity contribution in [3.8, 4) is 0 Å². The fraction of sp³-hybridized carbons (Fsp3) is 0.389. The molecule has 1 aliphatic heterocycles. The number of likely N-dealkylation sites (tertiary alicyclic amines) is 1. The third-order valence-electron chi connectivity index (χ3n) is 4.27. The molecule has 1 aliphatic rings. The lowest BCUT2D eigenvalue weighted by molar-refractivity contribution is 0.0787. The lowest BCUT2D eigenvalue weighted by atomic mass is 10.1. The van der Waals surface area contributed by atoms with Crippen LogP contribution in [0.3, 0.4) is 0 Å². The number of nitrogens with zero attached hydrogens (tertiary/aromatic N) is 3. The summed E-state index contributed by atoms with van der Waals surface area (Å²) in [5.74, 6) is 0.653. The van der Waals surface area contributed by atoms with E-state index in [0.29, 0.717) is 11.5 Å². The Hall–Kier alpha value is -2.43. The van der Waals surface area contributed by atoms with Gasteiger partial charge in [-0.15, -0.1) is 0 Å². The van der Waals surface area contributed by atoms with Crippen LogP contribution in [0.5, 0.6) is 0 Å². The van der Waals surface area contributed by atoms with E-state index in [1.54, 1.807) is 6.07 Å². The summed E-state index contributed by atoms with van der Waals surface area (Å²) in [5.41, 5.74) is 3.91. The molecule has 1 fully saturated rings. The molecule has 2 heterocycles. The molecule has 120 valence electrons. The zero-order valence-corrected chi connectivity index (χ0v) is 13.7. The highest BCUT2D eigenvalue weighted by atomic mass is 16.2. The van der Waals surface area contributed by atoms with Gasteiger partial charge in [-0.05, 0) is 37.3 Å².